The van der Waals surface area contributed by atoms with E-state index in [1.165, 1.54) is 10.3 Å². The highest BCUT2D eigenvalue weighted by atomic mass is 32.1. The van der Waals surface area contributed by atoms with Gasteiger partial charge in [0, 0.05) is 19.6 Å². The number of rotatable bonds is 5. The van der Waals surface area contributed by atoms with Crippen LogP contribution in [-0.4, -0.2) is 61.7 Å². The van der Waals surface area contributed by atoms with Gasteiger partial charge < -0.3 is 15.4 Å². The molecule has 1 aromatic heterocycles. The number of morpholine rings is 1. The summed E-state index contributed by atoms with van der Waals surface area (Å²) in [6, 6.07) is 6.27. The van der Waals surface area contributed by atoms with Gasteiger partial charge in [-0.15, -0.1) is 0 Å². The molecule has 0 saturated carbocycles. The lowest BCUT2D eigenvalue weighted by Crippen LogP contribution is -2.48. The van der Waals surface area contributed by atoms with Gasteiger partial charge in [-0.2, -0.15) is 0 Å². The van der Waals surface area contributed by atoms with E-state index >= 15 is 0 Å². The zero-order valence-corrected chi connectivity index (χ0v) is 14.3. The molecule has 0 radical (unpaired) electrons. The monoisotopic (exact) mass is 334 g/mol. The highest BCUT2D eigenvalue weighted by molar-refractivity contribution is 7.22. The Hall–Kier alpha value is -1.70. The van der Waals surface area contributed by atoms with Crippen LogP contribution in [-0.2, 0) is 9.53 Å². The Kier molecular flexibility index (Phi) is 4.79. The number of carbonyl (C=O) groups is 1. The van der Waals surface area contributed by atoms with Crippen molar-refractivity contribution in [1.82, 2.24) is 9.88 Å². The van der Waals surface area contributed by atoms with Gasteiger partial charge in [0.25, 0.3) is 0 Å². The maximum atomic E-state index is 11.0. The summed E-state index contributed by atoms with van der Waals surface area (Å²) < 4.78 is 7.04. The second kappa shape index (κ2) is 6.82. The lowest BCUT2D eigenvalue weighted by molar-refractivity contribution is -0.119. The molecule has 1 unspecified atom stereocenters. The third kappa shape index (κ3) is 3.80. The molecule has 6 nitrogen and oxygen atoms in total. The number of aryl methyl sites for hydroxylation is 1. The molecule has 0 bridgehead atoms. The van der Waals surface area contributed by atoms with Crippen LogP contribution in [0.2, 0.25) is 0 Å². The Morgan fingerprint density at radius 2 is 2.39 bits per heavy atom. The first-order chi connectivity index (χ1) is 11.0. The normalized spacial score (nSPS) is 18.7. The Bertz CT molecular complexity index is 702. The van der Waals surface area contributed by atoms with Crippen molar-refractivity contribution < 1.29 is 9.53 Å². The number of likely N-dealkylation sites (N-methyl/N-ethyl adjacent to an activating group) is 1. The third-order valence-electron chi connectivity index (χ3n) is 3.96. The summed E-state index contributed by atoms with van der Waals surface area (Å²) in [6.45, 7) is 5.32. The molecule has 1 saturated heterocycles. The van der Waals surface area contributed by atoms with E-state index in [0.29, 0.717) is 13.2 Å². The lowest BCUT2D eigenvalue weighted by Gasteiger charge is -2.34. The SMILES string of the molecule is Cc1cccc2sc(N3CCOC(CN(C)CC(N)=O)C3)nc12. The number of anilines is 1. The Labute approximate surface area is 139 Å². The van der Waals surface area contributed by atoms with Crippen LogP contribution >= 0.6 is 11.3 Å². The molecule has 2 N–H and O–H groups in total. The average molecular weight is 334 g/mol. The number of nitrogens with zero attached hydrogens (tertiary/aromatic N) is 3. The summed E-state index contributed by atoms with van der Waals surface area (Å²) >= 11 is 1.72. The fraction of sp³-hybridized carbons (Fsp3) is 0.500. The number of primary amides is 1. The molecule has 0 spiro atoms. The third-order valence-corrected chi connectivity index (χ3v) is 5.04. The Morgan fingerprint density at radius 1 is 1.57 bits per heavy atom. The van der Waals surface area contributed by atoms with E-state index in [1.807, 2.05) is 11.9 Å². The number of benzene rings is 1. The number of para-hydroxylation sites is 1. The van der Waals surface area contributed by atoms with Crippen LogP contribution in [0.25, 0.3) is 10.2 Å². The minimum atomic E-state index is -0.318. The number of hydrogen-bond acceptors (Lipinski definition) is 6. The van der Waals surface area contributed by atoms with Crippen LogP contribution in [0.5, 0.6) is 0 Å². The quantitative estimate of drug-likeness (QED) is 0.890. The van der Waals surface area contributed by atoms with Crippen LogP contribution < -0.4 is 10.6 Å². The number of aromatic nitrogens is 1. The number of hydrogen-bond donors (Lipinski definition) is 1. The average Bonchev–Trinajstić information content (AvgIpc) is 2.92. The van der Waals surface area contributed by atoms with Crippen molar-refractivity contribution >= 4 is 32.6 Å². The summed E-state index contributed by atoms with van der Waals surface area (Å²) in [5.74, 6) is -0.318. The van der Waals surface area contributed by atoms with Gasteiger partial charge in [-0.3, -0.25) is 9.69 Å². The number of fused-ring (bicyclic) bond motifs is 1. The van der Waals surface area contributed by atoms with E-state index in [9.17, 15) is 4.79 Å². The molecule has 2 aromatic rings. The summed E-state index contributed by atoms with van der Waals surface area (Å²) in [7, 11) is 1.88. The van der Waals surface area contributed by atoms with Crippen LogP contribution in [0.1, 0.15) is 5.56 Å². The molecule has 1 aromatic carbocycles. The fourth-order valence-corrected chi connectivity index (χ4v) is 3.97. The zero-order valence-electron chi connectivity index (χ0n) is 13.5. The predicted octanol–water partition coefficient (Wildman–Crippen LogP) is 1.23. The molecule has 1 aliphatic heterocycles. The van der Waals surface area contributed by atoms with E-state index in [0.717, 1.165) is 23.7 Å². The van der Waals surface area contributed by atoms with Crippen molar-refractivity contribution in [3.8, 4) is 0 Å². The second-order valence-electron chi connectivity index (χ2n) is 6.02. The van der Waals surface area contributed by atoms with Gasteiger partial charge in [-0.1, -0.05) is 23.5 Å². The molecule has 1 atom stereocenters. The van der Waals surface area contributed by atoms with Crippen LogP contribution in [0.3, 0.4) is 0 Å². The van der Waals surface area contributed by atoms with Crippen molar-refractivity contribution in [1.29, 1.82) is 0 Å². The van der Waals surface area contributed by atoms with Crippen LogP contribution in [0.4, 0.5) is 5.13 Å². The topological polar surface area (TPSA) is 71.7 Å². The molecule has 3 rings (SSSR count). The zero-order chi connectivity index (χ0) is 16.4. The predicted molar refractivity (Wildman–Crippen MR) is 93.0 cm³/mol. The van der Waals surface area contributed by atoms with Gasteiger partial charge >= 0.3 is 0 Å². The molecular formula is C16H22N4O2S. The first-order valence-corrected chi connectivity index (χ1v) is 8.54. The van der Waals surface area contributed by atoms with Gasteiger partial charge in [-0.25, -0.2) is 4.98 Å². The van der Waals surface area contributed by atoms with Crippen molar-refractivity contribution in [2.24, 2.45) is 5.73 Å². The van der Waals surface area contributed by atoms with Gasteiger partial charge in [-0.05, 0) is 25.6 Å². The maximum absolute atomic E-state index is 11.0. The number of carbonyl (C=O) groups excluding carboxylic acids is 1. The van der Waals surface area contributed by atoms with E-state index in [-0.39, 0.29) is 18.6 Å². The van der Waals surface area contributed by atoms with Crippen molar-refractivity contribution in [2.45, 2.75) is 13.0 Å². The van der Waals surface area contributed by atoms with Crippen LogP contribution in [0, 0.1) is 6.92 Å². The first kappa shape index (κ1) is 16.2. The summed E-state index contributed by atoms with van der Waals surface area (Å²) in [5.41, 5.74) is 7.52. The number of nitrogens with two attached hydrogens (primary N) is 1. The van der Waals surface area contributed by atoms with Gasteiger partial charge in [0.05, 0.1) is 29.5 Å². The molecule has 1 aliphatic rings. The summed E-state index contributed by atoms with van der Waals surface area (Å²) in [6.07, 6.45) is 0.0567. The highest BCUT2D eigenvalue weighted by Crippen LogP contribution is 2.31. The molecular weight excluding hydrogens is 312 g/mol. The smallest absolute Gasteiger partial charge is 0.231 e. The second-order valence-corrected chi connectivity index (χ2v) is 7.03. The van der Waals surface area contributed by atoms with Crippen molar-refractivity contribution in [3.63, 3.8) is 0 Å². The molecule has 124 valence electrons. The maximum Gasteiger partial charge on any atom is 0.231 e. The molecule has 1 fully saturated rings. The number of amides is 1. The molecule has 2 heterocycles. The number of ether oxygens (including phenoxy) is 1. The van der Waals surface area contributed by atoms with Crippen LogP contribution in [0.15, 0.2) is 18.2 Å². The Balaban J connectivity index is 1.70. The minimum absolute atomic E-state index is 0.0567. The van der Waals surface area contributed by atoms with E-state index in [1.54, 1.807) is 11.3 Å². The standard InChI is InChI=1S/C16H22N4O2S/c1-11-4-3-5-13-15(11)18-16(23-13)20-6-7-22-12(9-20)8-19(2)10-14(17)21/h3-5,12H,6-10H2,1-2H3,(H2,17,21). The largest absolute Gasteiger partial charge is 0.373 e. The molecule has 1 amide bonds. The van der Waals surface area contributed by atoms with E-state index < -0.39 is 0 Å². The van der Waals surface area contributed by atoms with Gasteiger partial charge in [0.2, 0.25) is 5.91 Å². The molecule has 23 heavy (non-hydrogen) atoms. The van der Waals surface area contributed by atoms with E-state index in [2.05, 4.69) is 30.0 Å². The van der Waals surface area contributed by atoms with E-state index in [4.69, 9.17) is 15.5 Å². The molecule has 0 aliphatic carbocycles. The minimum Gasteiger partial charge on any atom is -0.373 e. The first-order valence-electron chi connectivity index (χ1n) is 7.72. The number of thiazole rings is 1. The van der Waals surface area contributed by atoms with Gasteiger partial charge in [0.1, 0.15) is 0 Å². The Morgan fingerprint density at radius 3 is 3.13 bits per heavy atom. The fourth-order valence-electron chi connectivity index (χ4n) is 2.89. The van der Waals surface area contributed by atoms with Gasteiger partial charge in [0.15, 0.2) is 5.13 Å². The molecule has 7 heteroatoms. The van der Waals surface area contributed by atoms with Crippen molar-refractivity contribution in [2.75, 3.05) is 44.7 Å². The highest BCUT2D eigenvalue weighted by Gasteiger charge is 2.24. The summed E-state index contributed by atoms with van der Waals surface area (Å²) in [5, 5.41) is 1.04. The van der Waals surface area contributed by atoms with Crippen molar-refractivity contribution in [3.05, 3.63) is 23.8 Å². The summed E-state index contributed by atoms with van der Waals surface area (Å²) in [4.78, 5) is 20.0. The lowest BCUT2D eigenvalue weighted by atomic mass is 10.2.